The fourth-order valence-electron chi connectivity index (χ4n) is 1.99. The molecule has 4 heteroatoms. The third kappa shape index (κ3) is 4.04. The maximum atomic E-state index is 6.31. The summed E-state index contributed by atoms with van der Waals surface area (Å²) in [5.41, 5.74) is 1.05. The summed E-state index contributed by atoms with van der Waals surface area (Å²) in [4.78, 5) is 0. The van der Waals surface area contributed by atoms with Crippen LogP contribution >= 0.6 is 23.2 Å². The van der Waals surface area contributed by atoms with Gasteiger partial charge < -0.3 is 10.1 Å². The second kappa shape index (κ2) is 7.88. The van der Waals surface area contributed by atoms with Crippen LogP contribution in [0, 0.1) is 0 Å². The van der Waals surface area contributed by atoms with E-state index in [4.69, 9.17) is 27.9 Å². The van der Waals surface area contributed by atoms with Crippen LogP contribution < -0.4 is 10.1 Å². The van der Waals surface area contributed by atoms with Crippen LogP contribution in [0.25, 0.3) is 0 Å². The first-order valence-electron chi connectivity index (χ1n) is 6.40. The first-order valence-corrected chi connectivity index (χ1v) is 7.15. The topological polar surface area (TPSA) is 21.3 Å². The van der Waals surface area contributed by atoms with Gasteiger partial charge in [0.1, 0.15) is 5.75 Å². The first kappa shape index (κ1) is 15.6. The van der Waals surface area contributed by atoms with E-state index in [1.807, 2.05) is 6.07 Å². The van der Waals surface area contributed by atoms with Crippen LogP contribution in [0.1, 0.15) is 44.7 Å². The van der Waals surface area contributed by atoms with Crippen molar-refractivity contribution in [2.24, 2.45) is 0 Å². The van der Waals surface area contributed by atoms with E-state index in [9.17, 15) is 0 Å². The van der Waals surface area contributed by atoms with Crippen LogP contribution in [0.4, 0.5) is 0 Å². The van der Waals surface area contributed by atoms with E-state index < -0.39 is 0 Å². The zero-order valence-electron chi connectivity index (χ0n) is 11.2. The van der Waals surface area contributed by atoms with Crippen LogP contribution in [0.5, 0.6) is 5.75 Å². The molecule has 0 aliphatic heterocycles. The number of rotatable bonds is 7. The summed E-state index contributed by atoms with van der Waals surface area (Å²) in [6.07, 6.45) is 3.40. The van der Waals surface area contributed by atoms with E-state index in [1.165, 1.54) is 6.42 Å². The van der Waals surface area contributed by atoms with Crippen molar-refractivity contribution in [2.45, 2.75) is 39.2 Å². The summed E-state index contributed by atoms with van der Waals surface area (Å²) in [6, 6.07) is 3.95. The average Bonchev–Trinajstić information content (AvgIpc) is 2.37. The Morgan fingerprint density at radius 1 is 1.22 bits per heavy atom. The predicted molar refractivity (Wildman–Crippen MR) is 79.0 cm³/mol. The van der Waals surface area contributed by atoms with Gasteiger partial charge in [-0.15, -0.1) is 0 Å². The Hall–Kier alpha value is -0.440. The second-order valence-corrected chi connectivity index (χ2v) is 5.08. The molecule has 2 nitrogen and oxygen atoms in total. The Morgan fingerprint density at radius 3 is 2.50 bits per heavy atom. The molecular weight excluding hydrogens is 269 g/mol. The van der Waals surface area contributed by atoms with Gasteiger partial charge in [0.15, 0.2) is 0 Å². The van der Waals surface area contributed by atoms with E-state index in [1.54, 1.807) is 13.2 Å². The molecule has 1 N–H and O–H groups in total. The third-order valence-corrected chi connectivity index (χ3v) is 3.57. The summed E-state index contributed by atoms with van der Waals surface area (Å²) in [6.45, 7) is 5.19. The molecule has 1 atom stereocenters. The summed E-state index contributed by atoms with van der Waals surface area (Å²) in [5, 5.41) is 4.77. The van der Waals surface area contributed by atoms with Gasteiger partial charge in [0.2, 0.25) is 0 Å². The van der Waals surface area contributed by atoms with Crippen LogP contribution in [-0.4, -0.2) is 13.7 Å². The highest BCUT2D eigenvalue weighted by Gasteiger charge is 2.16. The smallest absolute Gasteiger partial charge is 0.138 e. The molecule has 18 heavy (non-hydrogen) atoms. The number of unbranched alkanes of at least 4 members (excludes halogenated alkanes) is 1. The zero-order valence-corrected chi connectivity index (χ0v) is 12.7. The highest BCUT2D eigenvalue weighted by atomic mass is 35.5. The monoisotopic (exact) mass is 289 g/mol. The highest BCUT2D eigenvalue weighted by molar-refractivity contribution is 6.34. The fraction of sp³-hybridized carbons (Fsp3) is 0.571. The molecule has 0 aromatic heterocycles. The van der Waals surface area contributed by atoms with Crippen molar-refractivity contribution in [1.29, 1.82) is 0 Å². The quantitative estimate of drug-likeness (QED) is 0.775. The van der Waals surface area contributed by atoms with Crippen molar-refractivity contribution in [3.8, 4) is 5.75 Å². The van der Waals surface area contributed by atoms with E-state index in [2.05, 4.69) is 19.2 Å². The van der Waals surface area contributed by atoms with E-state index in [0.717, 1.165) is 24.9 Å². The summed E-state index contributed by atoms with van der Waals surface area (Å²) in [5.74, 6) is 0.621. The SMILES string of the molecule is CCCCC(NCC)c1cc(Cl)c(OC)cc1Cl. The molecule has 0 fully saturated rings. The van der Waals surface area contributed by atoms with Gasteiger partial charge in [0.05, 0.1) is 12.1 Å². The van der Waals surface area contributed by atoms with Gasteiger partial charge in [-0.1, -0.05) is 49.9 Å². The number of benzene rings is 1. The molecule has 0 aliphatic rings. The van der Waals surface area contributed by atoms with Gasteiger partial charge in [0, 0.05) is 17.1 Å². The van der Waals surface area contributed by atoms with Crippen molar-refractivity contribution in [3.63, 3.8) is 0 Å². The first-order chi connectivity index (χ1) is 8.63. The Labute approximate surface area is 120 Å². The van der Waals surface area contributed by atoms with Gasteiger partial charge >= 0.3 is 0 Å². The Kier molecular flexibility index (Phi) is 6.83. The van der Waals surface area contributed by atoms with Gasteiger partial charge in [-0.2, -0.15) is 0 Å². The third-order valence-electron chi connectivity index (χ3n) is 2.94. The highest BCUT2D eigenvalue weighted by Crippen LogP contribution is 2.35. The average molecular weight is 290 g/mol. The van der Waals surface area contributed by atoms with E-state index in [0.29, 0.717) is 15.8 Å². The molecule has 0 saturated heterocycles. The zero-order chi connectivity index (χ0) is 13.5. The molecule has 0 bridgehead atoms. The van der Waals surface area contributed by atoms with E-state index >= 15 is 0 Å². The van der Waals surface area contributed by atoms with Crippen molar-refractivity contribution in [3.05, 3.63) is 27.7 Å². The maximum absolute atomic E-state index is 6.31. The number of ether oxygens (including phenoxy) is 1. The van der Waals surface area contributed by atoms with Crippen LogP contribution in [-0.2, 0) is 0 Å². The number of halogens is 2. The summed E-state index contributed by atoms with van der Waals surface area (Å²) < 4.78 is 5.16. The minimum absolute atomic E-state index is 0.255. The van der Waals surface area contributed by atoms with Gasteiger partial charge in [0.25, 0.3) is 0 Å². The Bertz CT molecular complexity index is 382. The van der Waals surface area contributed by atoms with Crippen LogP contribution in [0.15, 0.2) is 12.1 Å². The lowest BCUT2D eigenvalue weighted by molar-refractivity contribution is 0.414. The molecule has 102 valence electrons. The Morgan fingerprint density at radius 2 is 1.94 bits per heavy atom. The predicted octanol–water partition coefficient (Wildman–Crippen LogP) is 4.84. The fourth-order valence-corrected chi connectivity index (χ4v) is 2.52. The normalized spacial score (nSPS) is 12.5. The number of hydrogen-bond acceptors (Lipinski definition) is 2. The van der Waals surface area contributed by atoms with Crippen LogP contribution in [0.2, 0.25) is 10.0 Å². The maximum Gasteiger partial charge on any atom is 0.138 e. The lowest BCUT2D eigenvalue weighted by atomic mass is 10.0. The van der Waals surface area contributed by atoms with Crippen molar-refractivity contribution >= 4 is 23.2 Å². The van der Waals surface area contributed by atoms with Crippen molar-refractivity contribution in [2.75, 3.05) is 13.7 Å². The minimum atomic E-state index is 0.255. The molecule has 0 radical (unpaired) electrons. The second-order valence-electron chi connectivity index (χ2n) is 4.26. The molecule has 1 aromatic rings. The Balaban J connectivity index is 2.99. The van der Waals surface area contributed by atoms with Crippen LogP contribution in [0.3, 0.4) is 0 Å². The van der Waals surface area contributed by atoms with Crippen molar-refractivity contribution < 1.29 is 4.74 Å². The van der Waals surface area contributed by atoms with Gasteiger partial charge in [-0.3, -0.25) is 0 Å². The lowest BCUT2D eigenvalue weighted by Crippen LogP contribution is -2.21. The molecule has 1 unspecified atom stereocenters. The molecule has 1 rings (SSSR count). The molecule has 1 aromatic carbocycles. The molecule has 0 saturated carbocycles. The lowest BCUT2D eigenvalue weighted by Gasteiger charge is -2.20. The number of nitrogens with one attached hydrogen (secondary N) is 1. The molecule has 0 heterocycles. The van der Waals surface area contributed by atoms with Gasteiger partial charge in [-0.25, -0.2) is 0 Å². The van der Waals surface area contributed by atoms with E-state index in [-0.39, 0.29) is 6.04 Å². The molecule has 0 aliphatic carbocycles. The molecule has 0 spiro atoms. The standard InChI is InChI=1S/C14H21Cl2NO/c1-4-6-7-13(17-5-2)10-8-12(16)14(18-3)9-11(10)15/h8-9,13,17H,4-7H2,1-3H3. The molecule has 0 amide bonds. The number of methoxy groups -OCH3 is 1. The van der Waals surface area contributed by atoms with Crippen molar-refractivity contribution in [1.82, 2.24) is 5.32 Å². The summed E-state index contributed by atoms with van der Waals surface area (Å²) in [7, 11) is 1.59. The largest absolute Gasteiger partial charge is 0.495 e. The number of hydrogen-bond donors (Lipinski definition) is 1. The van der Waals surface area contributed by atoms with Gasteiger partial charge in [-0.05, 0) is 24.6 Å². The molecular formula is C14H21Cl2NO. The summed E-state index contributed by atoms with van der Waals surface area (Å²) >= 11 is 12.5. The minimum Gasteiger partial charge on any atom is -0.495 e.